The molecular weight excluding hydrogens is 385 g/mol. The van der Waals surface area contributed by atoms with Gasteiger partial charge in [-0.2, -0.15) is 10.4 Å². The highest BCUT2D eigenvalue weighted by Crippen LogP contribution is 2.32. The van der Waals surface area contributed by atoms with E-state index in [1.807, 2.05) is 45.0 Å². The van der Waals surface area contributed by atoms with Crippen molar-refractivity contribution in [1.29, 1.82) is 5.26 Å². The molecule has 0 atom stereocenters. The van der Waals surface area contributed by atoms with Crippen molar-refractivity contribution in [1.82, 2.24) is 9.78 Å². The Morgan fingerprint density at radius 3 is 2.33 bits per heavy atom. The molecule has 0 bridgehead atoms. The molecule has 0 fully saturated rings. The average Bonchev–Trinajstić information content (AvgIpc) is 3.00. The minimum Gasteiger partial charge on any atom is -0.454 e. The molecule has 1 heterocycles. The number of esters is 1. The summed E-state index contributed by atoms with van der Waals surface area (Å²) in [4.78, 5) is 11.2. The Morgan fingerprint density at radius 2 is 1.83 bits per heavy atom. The largest absolute Gasteiger partial charge is 0.454 e. The van der Waals surface area contributed by atoms with Crippen LogP contribution >= 0.6 is 0 Å². The third-order valence-electron chi connectivity index (χ3n) is 4.85. The van der Waals surface area contributed by atoms with Crippen LogP contribution in [0.5, 0.6) is 0 Å². The van der Waals surface area contributed by atoms with Gasteiger partial charge in [0.15, 0.2) is 12.4 Å². The number of rotatable bonds is 7. The van der Waals surface area contributed by atoms with Crippen LogP contribution in [0.15, 0.2) is 24.3 Å². The highest BCUT2D eigenvalue weighted by molar-refractivity contribution is 5.94. The van der Waals surface area contributed by atoms with Crippen molar-refractivity contribution in [2.45, 2.75) is 53.5 Å². The van der Waals surface area contributed by atoms with Gasteiger partial charge in [0, 0.05) is 12.1 Å². The van der Waals surface area contributed by atoms with E-state index in [0.29, 0.717) is 17.8 Å². The number of aryl methyl sites for hydroxylation is 2. The van der Waals surface area contributed by atoms with Crippen LogP contribution in [-0.2, 0) is 26.2 Å². The normalized spacial score (nSPS) is 12.2. The van der Waals surface area contributed by atoms with Crippen LogP contribution < -0.4 is 0 Å². The second-order valence-corrected chi connectivity index (χ2v) is 7.93. The highest BCUT2D eigenvalue weighted by atomic mass is 19.1. The Kier molecular flexibility index (Phi) is 7.38. The van der Waals surface area contributed by atoms with Gasteiger partial charge in [0.25, 0.3) is 0 Å². The van der Waals surface area contributed by atoms with Crippen molar-refractivity contribution in [3.63, 3.8) is 0 Å². The molecule has 0 saturated carbocycles. The number of allylic oxidation sites excluding steroid dienone is 1. The lowest BCUT2D eigenvalue weighted by atomic mass is 9.86. The van der Waals surface area contributed by atoms with Gasteiger partial charge in [-0.05, 0) is 37.3 Å². The van der Waals surface area contributed by atoms with E-state index >= 15 is 0 Å². The molecular formula is C23H28FN3O3. The van der Waals surface area contributed by atoms with E-state index < -0.39 is 19.4 Å². The van der Waals surface area contributed by atoms with Crippen LogP contribution in [0.25, 0.3) is 11.3 Å². The number of ether oxygens (including phenoxy) is 2. The third-order valence-corrected chi connectivity index (χ3v) is 4.85. The number of halogens is 1. The molecule has 0 saturated heterocycles. The molecule has 1 aromatic heterocycles. The number of nitrogens with zero attached hydrogens (tertiary/aromatic N) is 3. The SMILES string of the molecule is CCn1nc(C)c(C)c1/C(OCOC(=O)CF)=C(\C#N)c1ccc(C(C)(C)C)cc1. The van der Waals surface area contributed by atoms with Crippen LogP contribution in [0.2, 0.25) is 0 Å². The van der Waals surface area contributed by atoms with Gasteiger partial charge in [-0.1, -0.05) is 45.0 Å². The Labute approximate surface area is 176 Å². The van der Waals surface area contributed by atoms with Gasteiger partial charge in [0.2, 0.25) is 6.79 Å². The molecule has 0 amide bonds. The van der Waals surface area contributed by atoms with Gasteiger partial charge < -0.3 is 9.47 Å². The maximum absolute atomic E-state index is 12.4. The maximum Gasteiger partial charge on any atom is 0.340 e. The Bertz CT molecular complexity index is 977. The Balaban J connectivity index is 2.61. The molecule has 0 N–H and O–H groups in total. The first-order valence-electron chi connectivity index (χ1n) is 9.78. The zero-order chi connectivity index (χ0) is 22.5. The molecule has 6 nitrogen and oxygen atoms in total. The molecule has 7 heteroatoms. The summed E-state index contributed by atoms with van der Waals surface area (Å²) < 4.78 is 24.6. The van der Waals surface area contributed by atoms with E-state index in [1.54, 1.807) is 4.68 Å². The number of alkyl halides is 1. The monoisotopic (exact) mass is 413 g/mol. The van der Waals surface area contributed by atoms with Gasteiger partial charge in [-0.3, -0.25) is 4.68 Å². The molecule has 1 aromatic carbocycles. The second kappa shape index (κ2) is 9.57. The summed E-state index contributed by atoms with van der Waals surface area (Å²) in [5.74, 6) is -0.785. The van der Waals surface area contributed by atoms with Crippen LogP contribution in [0, 0.1) is 25.2 Å². The molecule has 0 radical (unpaired) electrons. The fourth-order valence-electron chi connectivity index (χ4n) is 3.02. The molecule has 2 aromatic rings. The van der Waals surface area contributed by atoms with E-state index in [2.05, 4.69) is 31.9 Å². The van der Waals surface area contributed by atoms with Crippen LogP contribution in [0.4, 0.5) is 4.39 Å². The van der Waals surface area contributed by atoms with Crippen molar-refractivity contribution in [2.24, 2.45) is 0 Å². The summed E-state index contributed by atoms with van der Waals surface area (Å²) in [5.41, 5.74) is 4.33. The average molecular weight is 413 g/mol. The number of carbonyl (C=O) groups is 1. The summed E-state index contributed by atoms with van der Waals surface area (Å²) >= 11 is 0. The van der Waals surface area contributed by atoms with E-state index in [1.165, 1.54) is 0 Å². The fraction of sp³-hybridized carbons (Fsp3) is 0.435. The number of hydrogen-bond donors (Lipinski definition) is 0. The lowest BCUT2D eigenvalue weighted by Gasteiger charge is -2.19. The topological polar surface area (TPSA) is 77.1 Å². The molecule has 0 aliphatic rings. The lowest BCUT2D eigenvalue weighted by molar-refractivity contribution is -0.152. The van der Waals surface area contributed by atoms with Gasteiger partial charge in [-0.15, -0.1) is 0 Å². The number of nitriles is 1. The number of carbonyl (C=O) groups excluding carboxylic acids is 1. The molecule has 0 aliphatic carbocycles. The van der Waals surface area contributed by atoms with E-state index in [-0.39, 0.29) is 16.7 Å². The number of aromatic nitrogens is 2. The lowest BCUT2D eigenvalue weighted by Crippen LogP contribution is -2.13. The van der Waals surface area contributed by atoms with Gasteiger partial charge >= 0.3 is 5.97 Å². The summed E-state index contributed by atoms with van der Waals surface area (Å²) in [5, 5.41) is 14.5. The standard InChI is InChI=1S/C23H28FN3O3/c1-7-27-21(15(2)16(3)26-27)22(30-14-29-20(28)12-24)19(13-25)17-8-10-18(11-9-17)23(4,5)6/h8-11H,7,12,14H2,1-6H3/b22-19-. The smallest absolute Gasteiger partial charge is 0.340 e. The molecule has 0 spiro atoms. The summed E-state index contributed by atoms with van der Waals surface area (Å²) in [6, 6.07) is 9.90. The molecule has 30 heavy (non-hydrogen) atoms. The number of hydrogen-bond acceptors (Lipinski definition) is 5. The predicted molar refractivity (Wildman–Crippen MR) is 113 cm³/mol. The summed E-state index contributed by atoms with van der Waals surface area (Å²) in [7, 11) is 0. The van der Waals surface area contributed by atoms with Crippen molar-refractivity contribution in [3.05, 3.63) is 52.3 Å². The second-order valence-electron chi connectivity index (χ2n) is 7.93. The molecule has 0 aliphatic heterocycles. The maximum atomic E-state index is 12.4. The van der Waals surface area contributed by atoms with Gasteiger partial charge in [0.05, 0.1) is 5.69 Å². The van der Waals surface area contributed by atoms with Crippen LogP contribution in [0.3, 0.4) is 0 Å². The van der Waals surface area contributed by atoms with Crippen molar-refractivity contribution < 1.29 is 18.7 Å². The van der Waals surface area contributed by atoms with Gasteiger partial charge in [-0.25, -0.2) is 9.18 Å². The predicted octanol–water partition coefficient (Wildman–Crippen LogP) is 4.70. The summed E-state index contributed by atoms with van der Waals surface area (Å²) in [6.45, 7) is 10.8. The first-order chi connectivity index (χ1) is 14.1. The molecule has 2 rings (SSSR count). The van der Waals surface area contributed by atoms with Gasteiger partial charge in [0.1, 0.15) is 17.3 Å². The van der Waals surface area contributed by atoms with Crippen molar-refractivity contribution >= 4 is 17.3 Å². The fourth-order valence-corrected chi connectivity index (χ4v) is 3.02. The number of benzene rings is 1. The zero-order valence-corrected chi connectivity index (χ0v) is 18.4. The zero-order valence-electron chi connectivity index (χ0n) is 18.4. The highest BCUT2D eigenvalue weighted by Gasteiger charge is 2.23. The van der Waals surface area contributed by atoms with E-state index in [9.17, 15) is 14.4 Å². The Morgan fingerprint density at radius 1 is 1.20 bits per heavy atom. The van der Waals surface area contributed by atoms with E-state index in [4.69, 9.17) is 9.47 Å². The minimum absolute atomic E-state index is 0.0243. The molecule has 0 unspecified atom stereocenters. The van der Waals surface area contributed by atoms with Crippen molar-refractivity contribution in [3.8, 4) is 6.07 Å². The minimum atomic E-state index is -1.24. The van der Waals surface area contributed by atoms with Crippen LogP contribution in [0.1, 0.15) is 55.8 Å². The van der Waals surface area contributed by atoms with Crippen molar-refractivity contribution in [2.75, 3.05) is 13.5 Å². The molecule has 160 valence electrons. The quantitative estimate of drug-likeness (QED) is 0.285. The van der Waals surface area contributed by atoms with Crippen LogP contribution in [-0.4, -0.2) is 29.2 Å². The summed E-state index contributed by atoms with van der Waals surface area (Å²) in [6.07, 6.45) is 0. The first kappa shape index (κ1) is 23.1. The van der Waals surface area contributed by atoms with E-state index in [0.717, 1.165) is 16.8 Å². The third kappa shape index (κ3) is 5.07. The first-order valence-corrected chi connectivity index (χ1v) is 9.78. The Hall–Kier alpha value is -3.14.